The lowest BCUT2D eigenvalue weighted by Gasteiger charge is -2.37. The molecule has 2 saturated heterocycles. The van der Waals surface area contributed by atoms with E-state index in [-0.39, 0.29) is 23.7 Å². The summed E-state index contributed by atoms with van der Waals surface area (Å²) < 4.78 is 5.26. The SMILES string of the molecule is O=C(NC1CCN(C(=O)N2CCOCC2)CC1)c1cn[nH]n1. The van der Waals surface area contributed by atoms with Crippen LogP contribution in [-0.2, 0) is 4.74 Å². The average Bonchev–Trinajstić information content (AvgIpc) is 3.10. The molecule has 2 aliphatic rings. The van der Waals surface area contributed by atoms with E-state index in [9.17, 15) is 9.59 Å². The predicted molar refractivity (Wildman–Crippen MR) is 76.2 cm³/mol. The maximum absolute atomic E-state index is 12.4. The molecular weight excluding hydrogens is 288 g/mol. The number of morpholine rings is 1. The van der Waals surface area contributed by atoms with Gasteiger partial charge in [0.1, 0.15) is 0 Å². The number of carbonyl (C=O) groups excluding carboxylic acids is 2. The summed E-state index contributed by atoms with van der Waals surface area (Å²) in [6, 6.07) is 0.141. The smallest absolute Gasteiger partial charge is 0.320 e. The van der Waals surface area contributed by atoms with Gasteiger partial charge in [0.25, 0.3) is 5.91 Å². The molecule has 3 heterocycles. The zero-order chi connectivity index (χ0) is 15.4. The van der Waals surface area contributed by atoms with Crippen LogP contribution in [0.1, 0.15) is 23.3 Å². The van der Waals surface area contributed by atoms with Crippen molar-refractivity contribution in [2.24, 2.45) is 0 Å². The van der Waals surface area contributed by atoms with Crippen molar-refractivity contribution >= 4 is 11.9 Å². The number of hydrogen-bond donors (Lipinski definition) is 2. The molecule has 1 aromatic rings. The normalized spacial score (nSPS) is 20.0. The molecule has 120 valence electrons. The molecule has 0 bridgehead atoms. The zero-order valence-electron chi connectivity index (χ0n) is 12.3. The van der Waals surface area contributed by atoms with Crippen molar-refractivity contribution in [1.29, 1.82) is 0 Å². The van der Waals surface area contributed by atoms with Gasteiger partial charge in [-0.3, -0.25) is 4.79 Å². The molecule has 3 rings (SSSR count). The summed E-state index contributed by atoms with van der Waals surface area (Å²) >= 11 is 0. The highest BCUT2D eigenvalue weighted by Gasteiger charge is 2.28. The van der Waals surface area contributed by atoms with Crippen LogP contribution in [0.5, 0.6) is 0 Å². The molecule has 0 unspecified atom stereocenters. The van der Waals surface area contributed by atoms with Gasteiger partial charge in [-0.25, -0.2) is 4.79 Å². The van der Waals surface area contributed by atoms with Crippen molar-refractivity contribution in [2.45, 2.75) is 18.9 Å². The van der Waals surface area contributed by atoms with Crippen LogP contribution in [0.4, 0.5) is 4.79 Å². The van der Waals surface area contributed by atoms with Crippen molar-refractivity contribution in [3.8, 4) is 0 Å². The second-order valence-corrected chi connectivity index (χ2v) is 5.47. The first-order valence-corrected chi connectivity index (χ1v) is 7.52. The van der Waals surface area contributed by atoms with Crippen LogP contribution in [0.3, 0.4) is 0 Å². The van der Waals surface area contributed by atoms with Crippen molar-refractivity contribution in [3.63, 3.8) is 0 Å². The van der Waals surface area contributed by atoms with Gasteiger partial charge in [-0.05, 0) is 12.8 Å². The third-order valence-electron chi connectivity index (χ3n) is 4.03. The summed E-state index contributed by atoms with van der Waals surface area (Å²) in [5, 5.41) is 12.7. The lowest BCUT2D eigenvalue weighted by Crippen LogP contribution is -2.52. The molecule has 0 saturated carbocycles. The zero-order valence-corrected chi connectivity index (χ0v) is 12.3. The van der Waals surface area contributed by atoms with Gasteiger partial charge < -0.3 is 19.9 Å². The Balaban J connectivity index is 1.46. The molecule has 0 aliphatic carbocycles. The molecule has 9 nitrogen and oxygen atoms in total. The first kappa shape index (κ1) is 14.8. The van der Waals surface area contributed by atoms with Crippen LogP contribution < -0.4 is 5.32 Å². The number of aromatic nitrogens is 3. The number of H-pyrrole nitrogens is 1. The molecule has 3 amide bonds. The Hall–Kier alpha value is -2.16. The van der Waals surface area contributed by atoms with E-state index in [2.05, 4.69) is 20.7 Å². The molecule has 1 aromatic heterocycles. The maximum atomic E-state index is 12.4. The Morgan fingerprint density at radius 3 is 2.50 bits per heavy atom. The van der Waals surface area contributed by atoms with Gasteiger partial charge in [0, 0.05) is 32.2 Å². The molecule has 0 atom stereocenters. The van der Waals surface area contributed by atoms with E-state index in [1.807, 2.05) is 9.80 Å². The Bertz CT molecular complexity index is 506. The van der Waals surface area contributed by atoms with Crippen LogP contribution in [0.25, 0.3) is 0 Å². The highest BCUT2D eigenvalue weighted by atomic mass is 16.5. The summed E-state index contributed by atoms with van der Waals surface area (Å²) in [5.41, 5.74) is 0.284. The number of ether oxygens (including phenoxy) is 1. The number of nitrogens with one attached hydrogen (secondary N) is 2. The third kappa shape index (κ3) is 3.35. The molecule has 0 spiro atoms. The van der Waals surface area contributed by atoms with Gasteiger partial charge in [-0.1, -0.05) is 0 Å². The second kappa shape index (κ2) is 6.73. The van der Waals surface area contributed by atoms with E-state index in [0.717, 1.165) is 12.8 Å². The van der Waals surface area contributed by atoms with Gasteiger partial charge >= 0.3 is 6.03 Å². The number of amides is 3. The van der Waals surface area contributed by atoms with Gasteiger partial charge in [-0.2, -0.15) is 15.4 Å². The number of carbonyl (C=O) groups is 2. The van der Waals surface area contributed by atoms with E-state index in [1.165, 1.54) is 6.20 Å². The van der Waals surface area contributed by atoms with Crippen LogP contribution in [-0.4, -0.2) is 82.6 Å². The lowest BCUT2D eigenvalue weighted by atomic mass is 10.1. The minimum absolute atomic E-state index is 0.0675. The summed E-state index contributed by atoms with van der Waals surface area (Å²) in [6.45, 7) is 3.83. The first-order chi connectivity index (χ1) is 10.7. The van der Waals surface area contributed by atoms with E-state index < -0.39 is 0 Å². The number of hydrogen-bond acceptors (Lipinski definition) is 5. The molecule has 9 heteroatoms. The predicted octanol–water partition coefficient (Wildman–Crippen LogP) is -0.549. The summed E-state index contributed by atoms with van der Waals surface area (Å²) in [4.78, 5) is 27.9. The molecule has 2 N–H and O–H groups in total. The van der Waals surface area contributed by atoms with Crippen molar-refractivity contribution in [3.05, 3.63) is 11.9 Å². The van der Waals surface area contributed by atoms with Crippen molar-refractivity contribution in [2.75, 3.05) is 39.4 Å². The van der Waals surface area contributed by atoms with Gasteiger partial charge in [0.05, 0.1) is 19.4 Å². The molecular formula is C13H20N6O3. The molecule has 22 heavy (non-hydrogen) atoms. The van der Waals surface area contributed by atoms with Crippen molar-refractivity contribution in [1.82, 2.24) is 30.5 Å². The van der Waals surface area contributed by atoms with Crippen molar-refractivity contribution < 1.29 is 14.3 Å². The standard InChI is InChI=1S/C13H20N6O3/c20-12(11-9-14-17-16-11)15-10-1-3-18(4-2-10)13(21)19-5-7-22-8-6-19/h9-10H,1-8H2,(H,15,20)(H,14,16,17). The fourth-order valence-corrected chi connectivity index (χ4v) is 2.74. The fourth-order valence-electron chi connectivity index (χ4n) is 2.74. The Kier molecular flexibility index (Phi) is 4.52. The Morgan fingerprint density at radius 1 is 1.18 bits per heavy atom. The topological polar surface area (TPSA) is 103 Å². The molecule has 0 aromatic carbocycles. The summed E-state index contributed by atoms with van der Waals surface area (Å²) in [5.74, 6) is -0.230. The van der Waals surface area contributed by atoms with E-state index >= 15 is 0 Å². The molecule has 2 fully saturated rings. The average molecular weight is 308 g/mol. The van der Waals surface area contributed by atoms with Gasteiger partial charge in [-0.15, -0.1) is 0 Å². The highest BCUT2D eigenvalue weighted by molar-refractivity contribution is 5.92. The van der Waals surface area contributed by atoms with Crippen LogP contribution >= 0.6 is 0 Å². The number of piperidine rings is 1. The minimum atomic E-state index is -0.230. The minimum Gasteiger partial charge on any atom is -0.378 e. The number of nitrogens with zero attached hydrogens (tertiary/aromatic N) is 4. The number of likely N-dealkylation sites (tertiary alicyclic amines) is 1. The largest absolute Gasteiger partial charge is 0.378 e. The van der Waals surface area contributed by atoms with Gasteiger partial charge in [0.2, 0.25) is 0 Å². The fraction of sp³-hybridized carbons (Fsp3) is 0.692. The quantitative estimate of drug-likeness (QED) is 0.763. The lowest BCUT2D eigenvalue weighted by molar-refractivity contribution is 0.0407. The first-order valence-electron chi connectivity index (χ1n) is 7.52. The highest BCUT2D eigenvalue weighted by Crippen LogP contribution is 2.13. The number of aromatic amines is 1. The Labute approximate surface area is 128 Å². The van der Waals surface area contributed by atoms with E-state index in [4.69, 9.17) is 4.74 Å². The number of rotatable bonds is 2. The summed E-state index contributed by atoms with van der Waals surface area (Å²) in [7, 11) is 0. The maximum Gasteiger partial charge on any atom is 0.320 e. The molecule has 0 radical (unpaired) electrons. The summed E-state index contributed by atoms with van der Waals surface area (Å²) in [6.07, 6.45) is 2.89. The number of urea groups is 1. The van der Waals surface area contributed by atoms with Crippen LogP contribution in [0.15, 0.2) is 6.20 Å². The van der Waals surface area contributed by atoms with Gasteiger partial charge in [0.15, 0.2) is 5.69 Å². The van der Waals surface area contributed by atoms with E-state index in [0.29, 0.717) is 39.4 Å². The van der Waals surface area contributed by atoms with Crippen LogP contribution in [0, 0.1) is 0 Å². The second-order valence-electron chi connectivity index (χ2n) is 5.47. The van der Waals surface area contributed by atoms with Crippen LogP contribution in [0.2, 0.25) is 0 Å². The monoisotopic (exact) mass is 308 g/mol. The third-order valence-corrected chi connectivity index (χ3v) is 4.03. The Morgan fingerprint density at radius 2 is 1.86 bits per heavy atom. The molecule has 2 aliphatic heterocycles. The van der Waals surface area contributed by atoms with E-state index in [1.54, 1.807) is 0 Å².